The molecule has 1 aromatic heterocycles. The molecule has 0 aliphatic heterocycles. The molecule has 1 saturated carbocycles. The minimum absolute atomic E-state index is 0.0381. The second-order valence-electron chi connectivity index (χ2n) is 10.2. The number of carbonyl (C=O) groups excluding carboxylic acids is 2. The molecule has 0 spiro atoms. The zero-order valence-electron chi connectivity index (χ0n) is 23.5. The summed E-state index contributed by atoms with van der Waals surface area (Å²) in [4.78, 5) is 30.1. The third-order valence-corrected chi connectivity index (χ3v) is 8.36. The molecule has 1 heterocycles. The number of nitrogens with two attached hydrogens (primary N) is 1. The van der Waals surface area contributed by atoms with E-state index in [2.05, 4.69) is 9.69 Å². The molecule has 0 unspecified atom stereocenters. The number of amides is 2. The lowest BCUT2D eigenvalue weighted by Gasteiger charge is -2.32. The van der Waals surface area contributed by atoms with Crippen LogP contribution in [0.25, 0.3) is 11.3 Å². The highest BCUT2D eigenvalue weighted by molar-refractivity contribution is 7.09. The SMILES string of the molecule is COc1ccc(-c2nsc(C(=O)N(Cc3ccc(F)cc3)[C@H](C(=O)NC3CCCC3)c3ccc(OC)cc3)c2N)cc1. The van der Waals surface area contributed by atoms with Gasteiger partial charge in [0.25, 0.3) is 5.91 Å². The van der Waals surface area contributed by atoms with Gasteiger partial charge in [-0.1, -0.05) is 37.1 Å². The first-order valence-electron chi connectivity index (χ1n) is 13.8. The zero-order chi connectivity index (χ0) is 29.6. The second-order valence-corrected chi connectivity index (χ2v) is 11.0. The molecule has 0 bridgehead atoms. The van der Waals surface area contributed by atoms with Gasteiger partial charge in [0.05, 0.1) is 19.9 Å². The molecule has 1 aliphatic rings. The van der Waals surface area contributed by atoms with Gasteiger partial charge in [-0.25, -0.2) is 4.39 Å². The molecule has 218 valence electrons. The number of nitrogens with one attached hydrogen (secondary N) is 1. The van der Waals surface area contributed by atoms with Gasteiger partial charge in [-0.05, 0) is 84.0 Å². The number of nitrogen functional groups attached to an aromatic ring is 1. The van der Waals surface area contributed by atoms with Crippen LogP contribution in [0.3, 0.4) is 0 Å². The van der Waals surface area contributed by atoms with E-state index in [1.165, 1.54) is 17.0 Å². The fourth-order valence-corrected chi connectivity index (χ4v) is 5.99. The summed E-state index contributed by atoms with van der Waals surface area (Å²) in [6.07, 6.45) is 3.86. The van der Waals surface area contributed by atoms with Crippen LogP contribution in [0.5, 0.6) is 11.5 Å². The van der Waals surface area contributed by atoms with Crippen molar-refractivity contribution in [1.29, 1.82) is 0 Å². The number of rotatable bonds is 10. The van der Waals surface area contributed by atoms with Gasteiger partial charge in [0.1, 0.15) is 33.9 Å². The number of hydrogen-bond acceptors (Lipinski definition) is 7. The molecule has 1 aliphatic carbocycles. The number of benzene rings is 3. The molecule has 3 N–H and O–H groups in total. The normalized spacial score (nSPS) is 13.9. The number of hydrogen-bond donors (Lipinski definition) is 2. The number of halogens is 1. The molecular formula is C32H33FN4O4S. The van der Waals surface area contributed by atoms with Crippen molar-refractivity contribution >= 4 is 29.0 Å². The Labute approximate surface area is 248 Å². The van der Waals surface area contributed by atoms with Crippen molar-refractivity contribution in [2.24, 2.45) is 0 Å². The molecular weight excluding hydrogens is 555 g/mol. The maximum absolute atomic E-state index is 14.4. The van der Waals surface area contributed by atoms with E-state index in [-0.39, 0.29) is 29.1 Å². The van der Waals surface area contributed by atoms with Gasteiger partial charge < -0.3 is 25.4 Å². The number of aromatic nitrogens is 1. The Morgan fingerprint density at radius 3 is 2.17 bits per heavy atom. The summed E-state index contributed by atoms with van der Waals surface area (Å²) in [5, 5.41) is 3.16. The molecule has 1 fully saturated rings. The summed E-state index contributed by atoms with van der Waals surface area (Å²) in [5.74, 6) is 0.182. The Bertz CT molecular complexity index is 1520. The zero-order valence-corrected chi connectivity index (χ0v) is 24.3. The van der Waals surface area contributed by atoms with E-state index < -0.39 is 17.8 Å². The fourth-order valence-electron chi connectivity index (χ4n) is 5.22. The van der Waals surface area contributed by atoms with E-state index in [4.69, 9.17) is 15.2 Å². The highest BCUT2D eigenvalue weighted by Gasteiger charge is 2.36. The predicted octanol–water partition coefficient (Wildman–Crippen LogP) is 5.99. The Morgan fingerprint density at radius 1 is 0.976 bits per heavy atom. The fraction of sp³-hybridized carbons (Fsp3) is 0.281. The van der Waals surface area contributed by atoms with Crippen molar-refractivity contribution in [2.75, 3.05) is 20.0 Å². The van der Waals surface area contributed by atoms with Gasteiger partial charge in [-0.3, -0.25) is 9.59 Å². The van der Waals surface area contributed by atoms with Crippen molar-refractivity contribution in [2.45, 2.75) is 44.3 Å². The minimum Gasteiger partial charge on any atom is -0.497 e. The molecule has 0 radical (unpaired) electrons. The number of methoxy groups -OCH3 is 2. The molecule has 0 saturated heterocycles. The molecule has 8 nitrogen and oxygen atoms in total. The summed E-state index contributed by atoms with van der Waals surface area (Å²) in [7, 11) is 3.15. The van der Waals surface area contributed by atoms with Crippen LogP contribution in [0.4, 0.5) is 10.1 Å². The number of carbonyl (C=O) groups is 2. The first-order chi connectivity index (χ1) is 20.4. The minimum atomic E-state index is -0.986. The van der Waals surface area contributed by atoms with Crippen LogP contribution in [-0.4, -0.2) is 41.3 Å². The lowest BCUT2D eigenvalue weighted by molar-refractivity contribution is -0.126. The van der Waals surface area contributed by atoms with Crippen LogP contribution in [0.2, 0.25) is 0 Å². The summed E-state index contributed by atoms with van der Waals surface area (Å²) in [5.41, 5.74) is 9.26. The summed E-state index contributed by atoms with van der Waals surface area (Å²) < 4.78 is 28.9. The van der Waals surface area contributed by atoms with Crippen LogP contribution in [0.1, 0.15) is 52.5 Å². The van der Waals surface area contributed by atoms with Gasteiger partial charge in [-0.15, -0.1) is 0 Å². The van der Waals surface area contributed by atoms with Gasteiger partial charge in [0.15, 0.2) is 0 Å². The van der Waals surface area contributed by atoms with E-state index in [9.17, 15) is 14.0 Å². The lowest BCUT2D eigenvalue weighted by atomic mass is 10.0. The lowest BCUT2D eigenvalue weighted by Crippen LogP contribution is -2.45. The van der Waals surface area contributed by atoms with E-state index in [1.54, 1.807) is 62.8 Å². The van der Waals surface area contributed by atoms with Crippen LogP contribution in [0.15, 0.2) is 72.8 Å². The Kier molecular flexibility index (Phi) is 9.02. The van der Waals surface area contributed by atoms with E-state index in [0.29, 0.717) is 28.3 Å². The summed E-state index contributed by atoms with van der Waals surface area (Å²) in [6, 6.07) is 19.2. The van der Waals surface area contributed by atoms with Crippen molar-refractivity contribution in [3.05, 3.63) is 94.6 Å². The average Bonchev–Trinajstić information content (AvgIpc) is 3.67. The van der Waals surface area contributed by atoms with Gasteiger partial charge in [0.2, 0.25) is 5.91 Å². The number of anilines is 1. The molecule has 1 atom stereocenters. The van der Waals surface area contributed by atoms with Gasteiger partial charge in [-0.2, -0.15) is 4.37 Å². The maximum Gasteiger partial charge on any atom is 0.268 e. The summed E-state index contributed by atoms with van der Waals surface area (Å²) >= 11 is 0.985. The van der Waals surface area contributed by atoms with Crippen molar-refractivity contribution in [1.82, 2.24) is 14.6 Å². The van der Waals surface area contributed by atoms with Crippen LogP contribution in [0, 0.1) is 5.82 Å². The van der Waals surface area contributed by atoms with Crippen LogP contribution in [-0.2, 0) is 11.3 Å². The third-order valence-electron chi connectivity index (χ3n) is 7.51. The van der Waals surface area contributed by atoms with Gasteiger partial charge in [0, 0.05) is 18.2 Å². The van der Waals surface area contributed by atoms with E-state index >= 15 is 0 Å². The monoisotopic (exact) mass is 588 g/mol. The predicted molar refractivity (Wildman–Crippen MR) is 161 cm³/mol. The molecule has 2 amide bonds. The summed E-state index contributed by atoms with van der Waals surface area (Å²) in [6.45, 7) is 0.0447. The first kappa shape index (κ1) is 29.1. The Morgan fingerprint density at radius 2 is 1.57 bits per heavy atom. The van der Waals surface area contributed by atoms with E-state index in [0.717, 1.165) is 42.8 Å². The molecule has 10 heteroatoms. The molecule has 42 heavy (non-hydrogen) atoms. The molecule has 5 rings (SSSR count). The Hall–Kier alpha value is -4.44. The molecule has 3 aromatic carbocycles. The first-order valence-corrected chi connectivity index (χ1v) is 14.5. The largest absolute Gasteiger partial charge is 0.497 e. The molecule has 4 aromatic rings. The van der Waals surface area contributed by atoms with Crippen molar-refractivity contribution in [3.63, 3.8) is 0 Å². The smallest absolute Gasteiger partial charge is 0.268 e. The van der Waals surface area contributed by atoms with Crippen LogP contribution < -0.4 is 20.5 Å². The maximum atomic E-state index is 14.4. The van der Waals surface area contributed by atoms with E-state index in [1.807, 2.05) is 12.1 Å². The average molecular weight is 589 g/mol. The van der Waals surface area contributed by atoms with Crippen molar-refractivity contribution in [3.8, 4) is 22.8 Å². The topological polar surface area (TPSA) is 107 Å². The standard InChI is InChI=1S/C32H33FN4O4S/c1-40-25-15-9-21(10-16-25)28-27(34)30(42-36-28)32(39)37(19-20-7-13-23(33)14-8-20)29(22-11-17-26(41-2)18-12-22)31(38)35-24-5-3-4-6-24/h7-18,24,29H,3-6,19,34H2,1-2H3,(H,35,38)/t29-/m0/s1. The highest BCUT2D eigenvalue weighted by Crippen LogP contribution is 2.35. The second kappa shape index (κ2) is 13.0. The number of nitrogens with zero attached hydrogens (tertiary/aromatic N) is 2. The highest BCUT2D eigenvalue weighted by atomic mass is 32.1. The van der Waals surface area contributed by atoms with Crippen LogP contribution >= 0.6 is 11.5 Å². The van der Waals surface area contributed by atoms with Gasteiger partial charge >= 0.3 is 0 Å². The van der Waals surface area contributed by atoms with Crippen molar-refractivity contribution < 1.29 is 23.5 Å². The Balaban J connectivity index is 1.56. The number of ether oxygens (including phenoxy) is 2. The third kappa shape index (κ3) is 6.38. The quantitative estimate of drug-likeness (QED) is 0.236.